The minimum absolute atomic E-state index is 0.139. The molecule has 0 fully saturated rings. The molecule has 1 aromatic carbocycles. The van der Waals surface area contributed by atoms with Gasteiger partial charge in [-0.25, -0.2) is 9.59 Å². The predicted molar refractivity (Wildman–Crippen MR) is 119 cm³/mol. The highest BCUT2D eigenvalue weighted by atomic mass is 79.9. The first-order chi connectivity index (χ1) is 13.8. The highest BCUT2D eigenvalue weighted by molar-refractivity contribution is 9.10. The van der Waals surface area contributed by atoms with Crippen LogP contribution in [0.3, 0.4) is 0 Å². The summed E-state index contributed by atoms with van der Waals surface area (Å²) >= 11 is 3.40. The third kappa shape index (κ3) is 10.1. The molecule has 0 saturated carbocycles. The van der Waals surface area contributed by atoms with Gasteiger partial charge in [0.15, 0.2) is 0 Å². The summed E-state index contributed by atoms with van der Waals surface area (Å²) in [5, 5.41) is 2.68. The van der Waals surface area contributed by atoms with Gasteiger partial charge in [0.1, 0.15) is 17.5 Å². The molecule has 0 heterocycles. The molecule has 1 rings (SSSR count). The molecule has 1 atom stereocenters. The number of amides is 2. The van der Waals surface area contributed by atoms with Crippen LogP contribution in [0.25, 0.3) is 0 Å². The topological polar surface area (TPSA) is 84.9 Å². The smallest absolute Gasteiger partial charge is 0.410 e. The zero-order valence-electron chi connectivity index (χ0n) is 18.7. The van der Waals surface area contributed by atoms with Crippen molar-refractivity contribution < 1.29 is 23.9 Å². The number of nitrogens with one attached hydrogen (secondary N) is 1. The number of nitrogens with zero attached hydrogens (tertiary/aromatic N) is 1. The highest BCUT2D eigenvalue weighted by Gasteiger charge is 2.29. The summed E-state index contributed by atoms with van der Waals surface area (Å²) in [4.78, 5) is 37.6. The molecule has 2 amide bonds. The Labute approximate surface area is 187 Å². The standard InChI is InChI=1S/C22H33BrN2O5/c1-21(2,3)29-19(27)24-13-7-14-25(20(28)30-22(4,5)6)18(12-15-26)16-8-10-17(23)11-9-16/h8-11,15,18H,7,12-14H2,1-6H3,(H,24,27)/t18-/m0/s1. The van der Waals surface area contributed by atoms with E-state index < -0.39 is 29.4 Å². The quantitative estimate of drug-likeness (QED) is 0.403. The zero-order valence-corrected chi connectivity index (χ0v) is 20.2. The highest BCUT2D eigenvalue weighted by Crippen LogP contribution is 2.27. The lowest BCUT2D eigenvalue weighted by Gasteiger charge is -2.33. The summed E-state index contributed by atoms with van der Waals surface area (Å²) in [6.45, 7) is 11.4. The van der Waals surface area contributed by atoms with Crippen molar-refractivity contribution in [1.82, 2.24) is 10.2 Å². The molecule has 0 radical (unpaired) electrons. The molecule has 0 unspecified atom stereocenters. The fourth-order valence-electron chi connectivity index (χ4n) is 2.67. The number of carbonyl (C=O) groups excluding carboxylic acids is 3. The van der Waals surface area contributed by atoms with Crippen LogP contribution in [0.4, 0.5) is 9.59 Å². The van der Waals surface area contributed by atoms with Gasteiger partial charge < -0.3 is 24.5 Å². The van der Waals surface area contributed by atoms with E-state index in [0.717, 1.165) is 16.3 Å². The SMILES string of the molecule is CC(C)(C)OC(=O)NCCCN(C(=O)OC(C)(C)C)[C@@H](CC=O)c1ccc(Br)cc1. The number of halogens is 1. The van der Waals surface area contributed by atoms with Crippen molar-refractivity contribution in [3.05, 3.63) is 34.3 Å². The van der Waals surface area contributed by atoms with Crippen LogP contribution in [0.2, 0.25) is 0 Å². The first-order valence-corrected chi connectivity index (χ1v) is 10.8. The molecule has 0 aliphatic rings. The van der Waals surface area contributed by atoms with E-state index in [1.807, 2.05) is 24.3 Å². The summed E-state index contributed by atoms with van der Waals surface area (Å²) in [7, 11) is 0. The molecule has 0 aromatic heterocycles. The van der Waals surface area contributed by atoms with E-state index in [-0.39, 0.29) is 6.42 Å². The fourth-order valence-corrected chi connectivity index (χ4v) is 2.93. The number of hydrogen-bond donors (Lipinski definition) is 1. The summed E-state index contributed by atoms with van der Waals surface area (Å²) in [5.41, 5.74) is -0.421. The van der Waals surface area contributed by atoms with Crippen molar-refractivity contribution in [2.24, 2.45) is 0 Å². The van der Waals surface area contributed by atoms with Crippen LogP contribution >= 0.6 is 15.9 Å². The number of carbonyl (C=O) groups is 3. The Morgan fingerprint density at radius 3 is 2.13 bits per heavy atom. The average molecular weight is 485 g/mol. The van der Waals surface area contributed by atoms with E-state index in [9.17, 15) is 14.4 Å². The Morgan fingerprint density at radius 1 is 1.07 bits per heavy atom. The van der Waals surface area contributed by atoms with Crippen molar-refractivity contribution in [3.8, 4) is 0 Å². The van der Waals surface area contributed by atoms with Crippen molar-refractivity contribution in [1.29, 1.82) is 0 Å². The zero-order chi connectivity index (χ0) is 22.9. The normalized spacial score (nSPS) is 12.6. The summed E-state index contributed by atoms with van der Waals surface area (Å²) in [6, 6.07) is 7.00. The van der Waals surface area contributed by atoms with Gasteiger partial charge in [-0.1, -0.05) is 28.1 Å². The van der Waals surface area contributed by atoms with Crippen LogP contribution in [0.5, 0.6) is 0 Å². The Balaban J connectivity index is 2.92. The molecule has 0 aliphatic heterocycles. The summed E-state index contributed by atoms with van der Waals surface area (Å²) in [5.74, 6) is 0. The molecule has 168 valence electrons. The average Bonchev–Trinajstić information content (AvgIpc) is 2.58. The molecular formula is C22H33BrN2O5. The maximum atomic E-state index is 12.9. The van der Waals surface area contributed by atoms with Crippen LogP contribution in [-0.2, 0) is 14.3 Å². The second kappa shape index (κ2) is 11.3. The second-order valence-electron chi connectivity index (χ2n) is 8.93. The summed E-state index contributed by atoms with van der Waals surface area (Å²) in [6.07, 6.45) is 0.395. The van der Waals surface area contributed by atoms with E-state index in [4.69, 9.17) is 9.47 Å². The van der Waals surface area contributed by atoms with E-state index in [2.05, 4.69) is 21.2 Å². The van der Waals surface area contributed by atoms with E-state index in [1.165, 1.54) is 0 Å². The van der Waals surface area contributed by atoms with Gasteiger partial charge in [-0.3, -0.25) is 0 Å². The third-order valence-electron chi connectivity index (χ3n) is 3.82. The Morgan fingerprint density at radius 2 is 1.63 bits per heavy atom. The van der Waals surface area contributed by atoms with Gasteiger partial charge in [0.2, 0.25) is 0 Å². The van der Waals surface area contributed by atoms with Gasteiger partial charge in [-0.05, 0) is 65.7 Å². The molecular weight excluding hydrogens is 452 g/mol. The van der Waals surface area contributed by atoms with Crippen molar-refractivity contribution in [2.75, 3.05) is 13.1 Å². The van der Waals surface area contributed by atoms with Gasteiger partial charge in [-0.2, -0.15) is 0 Å². The number of ether oxygens (including phenoxy) is 2. The second-order valence-corrected chi connectivity index (χ2v) is 9.84. The van der Waals surface area contributed by atoms with E-state index in [1.54, 1.807) is 46.4 Å². The molecule has 1 N–H and O–H groups in total. The molecule has 0 saturated heterocycles. The van der Waals surface area contributed by atoms with Crippen LogP contribution < -0.4 is 5.32 Å². The van der Waals surface area contributed by atoms with Crippen LogP contribution in [0.1, 0.15) is 66.0 Å². The molecule has 0 spiro atoms. The first-order valence-electron chi connectivity index (χ1n) is 9.98. The Hall–Kier alpha value is -2.09. The van der Waals surface area contributed by atoms with Gasteiger partial charge in [0, 0.05) is 24.0 Å². The first kappa shape index (κ1) is 25.9. The van der Waals surface area contributed by atoms with Crippen LogP contribution in [-0.4, -0.2) is 47.7 Å². The van der Waals surface area contributed by atoms with Crippen molar-refractivity contribution in [2.45, 2.75) is 71.6 Å². The lowest BCUT2D eigenvalue weighted by molar-refractivity contribution is -0.108. The fraction of sp³-hybridized carbons (Fsp3) is 0.591. The van der Waals surface area contributed by atoms with Crippen LogP contribution in [0, 0.1) is 0 Å². The maximum absolute atomic E-state index is 12.9. The van der Waals surface area contributed by atoms with Gasteiger partial charge in [0.05, 0.1) is 6.04 Å². The lowest BCUT2D eigenvalue weighted by atomic mass is 10.0. The molecule has 0 aliphatic carbocycles. The Bertz CT molecular complexity index is 708. The lowest BCUT2D eigenvalue weighted by Crippen LogP contribution is -2.41. The third-order valence-corrected chi connectivity index (χ3v) is 4.35. The molecule has 1 aromatic rings. The van der Waals surface area contributed by atoms with Crippen molar-refractivity contribution >= 4 is 34.4 Å². The van der Waals surface area contributed by atoms with Gasteiger partial charge in [0.25, 0.3) is 0 Å². The van der Waals surface area contributed by atoms with Crippen LogP contribution in [0.15, 0.2) is 28.7 Å². The van der Waals surface area contributed by atoms with Gasteiger partial charge in [-0.15, -0.1) is 0 Å². The number of hydrogen-bond acceptors (Lipinski definition) is 5. The Kier molecular flexibility index (Phi) is 9.81. The van der Waals surface area contributed by atoms with E-state index >= 15 is 0 Å². The molecule has 30 heavy (non-hydrogen) atoms. The van der Waals surface area contributed by atoms with Crippen molar-refractivity contribution in [3.63, 3.8) is 0 Å². The number of rotatable bonds is 8. The predicted octanol–water partition coefficient (Wildman–Crippen LogP) is 5.23. The summed E-state index contributed by atoms with van der Waals surface area (Å²) < 4.78 is 11.7. The molecule has 8 heteroatoms. The number of benzene rings is 1. The number of alkyl carbamates (subject to hydrolysis) is 1. The monoisotopic (exact) mass is 484 g/mol. The van der Waals surface area contributed by atoms with Gasteiger partial charge >= 0.3 is 12.2 Å². The van der Waals surface area contributed by atoms with E-state index in [0.29, 0.717) is 19.5 Å². The molecule has 7 nitrogen and oxygen atoms in total. The molecule has 0 bridgehead atoms. The minimum Gasteiger partial charge on any atom is -0.444 e. The largest absolute Gasteiger partial charge is 0.444 e. The maximum Gasteiger partial charge on any atom is 0.410 e. The number of aldehydes is 1. The minimum atomic E-state index is -0.671.